The van der Waals surface area contributed by atoms with Crippen LogP contribution in [0.3, 0.4) is 0 Å². The van der Waals surface area contributed by atoms with Crippen molar-refractivity contribution in [2.24, 2.45) is 0 Å². The van der Waals surface area contributed by atoms with Crippen molar-refractivity contribution in [1.29, 1.82) is 0 Å². The van der Waals surface area contributed by atoms with E-state index >= 15 is 0 Å². The van der Waals surface area contributed by atoms with Crippen molar-refractivity contribution in [2.75, 3.05) is 30.4 Å². The van der Waals surface area contributed by atoms with Gasteiger partial charge in [-0.05, 0) is 30.8 Å². The highest BCUT2D eigenvalue weighted by atomic mass is 32.1. The van der Waals surface area contributed by atoms with E-state index in [1.807, 2.05) is 32.3 Å². The zero-order valence-electron chi connectivity index (χ0n) is 16.6. The quantitative estimate of drug-likeness (QED) is 0.597. The van der Waals surface area contributed by atoms with E-state index in [1.54, 1.807) is 28.3 Å². The van der Waals surface area contributed by atoms with Crippen LogP contribution in [0.4, 0.5) is 15.2 Å². The molecule has 1 aromatic carbocycles. The fraction of sp³-hybridized carbons (Fsp3) is 0.250. The van der Waals surface area contributed by atoms with Gasteiger partial charge < -0.3 is 20.0 Å². The monoisotopic (exact) mass is 424 g/mol. The van der Waals surface area contributed by atoms with E-state index in [1.165, 1.54) is 17.4 Å². The number of likely N-dealkylation sites (N-methyl/N-ethyl adjacent to an activating group) is 1. The Bertz CT molecular complexity index is 1110. The molecule has 7 nitrogen and oxygen atoms in total. The summed E-state index contributed by atoms with van der Waals surface area (Å²) in [7, 11) is 3.75. The molecule has 1 radical (unpaired) electrons. The molecule has 0 saturated carbocycles. The van der Waals surface area contributed by atoms with Crippen LogP contribution in [0.15, 0.2) is 36.0 Å². The van der Waals surface area contributed by atoms with Gasteiger partial charge >= 0.3 is 0 Å². The lowest BCUT2D eigenvalue weighted by atomic mass is 10.0. The van der Waals surface area contributed by atoms with Crippen molar-refractivity contribution < 1.29 is 14.0 Å². The number of anilines is 2. The van der Waals surface area contributed by atoms with Crippen molar-refractivity contribution in [1.82, 2.24) is 14.8 Å². The zero-order chi connectivity index (χ0) is 21.3. The summed E-state index contributed by atoms with van der Waals surface area (Å²) in [5.41, 5.74) is 3.34. The third-order valence-corrected chi connectivity index (χ3v) is 5.77. The number of thiazole rings is 1. The molecule has 4 rings (SSSR count). The highest BCUT2D eigenvalue weighted by Crippen LogP contribution is 2.35. The average Bonchev–Trinajstić information content (AvgIpc) is 3.46. The van der Waals surface area contributed by atoms with Gasteiger partial charge in [-0.25, -0.2) is 9.37 Å². The third kappa shape index (κ3) is 4.09. The molecule has 2 amide bonds. The van der Waals surface area contributed by atoms with Gasteiger partial charge in [0.15, 0.2) is 5.13 Å². The second-order valence-corrected chi connectivity index (χ2v) is 7.86. The van der Waals surface area contributed by atoms with Gasteiger partial charge in [0.05, 0.1) is 17.8 Å². The van der Waals surface area contributed by atoms with Gasteiger partial charge in [-0.3, -0.25) is 9.59 Å². The van der Waals surface area contributed by atoms with E-state index < -0.39 is 0 Å². The summed E-state index contributed by atoms with van der Waals surface area (Å²) in [6, 6.07) is 5.08. The van der Waals surface area contributed by atoms with Crippen LogP contribution < -0.4 is 15.5 Å². The lowest BCUT2D eigenvalue weighted by Gasteiger charge is -2.13. The highest BCUT2D eigenvalue weighted by Gasteiger charge is 2.21. The van der Waals surface area contributed by atoms with Crippen molar-refractivity contribution in [2.45, 2.75) is 13.2 Å². The summed E-state index contributed by atoms with van der Waals surface area (Å²) in [4.78, 5) is 30.7. The smallest absolute Gasteiger partial charge is 0.253 e. The number of amides is 2. The first-order chi connectivity index (χ1) is 14.4. The molecule has 0 bridgehead atoms. The lowest BCUT2D eigenvalue weighted by molar-refractivity contribution is -0.115. The predicted molar refractivity (Wildman–Crippen MR) is 117 cm³/mol. The minimum Gasteiger partial charge on any atom is -0.402 e. The van der Waals surface area contributed by atoms with Crippen molar-refractivity contribution in [3.05, 3.63) is 52.9 Å². The minimum atomic E-state index is -0.384. The fourth-order valence-corrected chi connectivity index (χ4v) is 4.09. The standard InChI is InChI=1S/C20H20BFN5O2S/c1-21-27-6-3-12(10-27)19(29)23-9-18(28)25-20-24-16(11-30-20)13-7-15(22)14-4-5-26(2)17(14)8-13/h3,6-8,10-11H,4-5,9H2,1-2H3,(H,23,29)(H,24,25,28). The average molecular weight is 424 g/mol. The number of hydrogen-bond acceptors (Lipinski definition) is 5. The van der Waals surface area contributed by atoms with Gasteiger partial charge in [-0.1, -0.05) is 6.82 Å². The van der Waals surface area contributed by atoms with Crippen molar-refractivity contribution >= 4 is 41.4 Å². The van der Waals surface area contributed by atoms with Crippen molar-refractivity contribution in [3.63, 3.8) is 0 Å². The van der Waals surface area contributed by atoms with Crippen LogP contribution >= 0.6 is 11.3 Å². The Morgan fingerprint density at radius 1 is 1.37 bits per heavy atom. The van der Waals surface area contributed by atoms with E-state index in [0.29, 0.717) is 28.4 Å². The zero-order valence-corrected chi connectivity index (χ0v) is 17.4. The van der Waals surface area contributed by atoms with Gasteiger partial charge in [-0.15, -0.1) is 11.3 Å². The first kappa shape index (κ1) is 20.2. The summed E-state index contributed by atoms with van der Waals surface area (Å²) in [6.45, 7) is 2.47. The Balaban J connectivity index is 1.38. The number of fused-ring (bicyclic) bond motifs is 1. The fourth-order valence-electron chi connectivity index (χ4n) is 3.36. The number of nitrogens with zero attached hydrogens (tertiary/aromatic N) is 3. The molecule has 153 valence electrons. The molecule has 2 aromatic heterocycles. The highest BCUT2D eigenvalue weighted by molar-refractivity contribution is 7.14. The number of halogens is 1. The topological polar surface area (TPSA) is 79.3 Å². The molecule has 0 fully saturated rings. The van der Waals surface area contributed by atoms with Gasteiger partial charge in [0, 0.05) is 42.0 Å². The summed E-state index contributed by atoms with van der Waals surface area (Å²) in [5.74, 6) is -0.948. The van der Waals surface area contributed by atoms with E-state index in [9.17, 15) is 14.0 Å². The Morgan fingerprint density at radius 3 is 2.97 bits per heavy atom. The van der Waals surface area contributed by atoms with E-state index in [0.717, 1.165) is 17.8 Å². The summed E-state index contributed by atoms with van der Waals surface area (Å²) in [6.07, 6.45) is 4.13. The summed E-state index contributed by atoms with van der Waals surface area (Å²) >= 11 is 1.25. The maximum absolute atomic E-state index is 14.4. The van der Waals surface area contributed by atoms with Crippen LogP contribution in [-0.2, 0) is 11.2 Å². The molecule has 1 aliphatic rings. The molecule has 2 N–H and O–H groups in total. The second kappa shape index (κ2) is 8.31. The Kier molecular flexibility index (Phi) is 5.58. The number of carbonyl (C=O) groups excluding carboxylic acids is 2. The molecule has 0 atom stereocenters. The molecule has 3 aromatic rings. The Hall–Kier alpha value is -3.14. The Labute approximate surface area is 178 Å². The number of hydrogen-bond donors (Lipinski definition) is 2. The van der Waals surface area contributed by atoms with Gasteiger partial charge in [0.1, 0.15) is 5.82 Å². The maximum Gasteiger partial charge on any atom is 0.253 e. The van der Waals surface area contributed by atoms with Crippen LogP contribution in [0.1, 0.15) is 15.9 Å². The van der Waals surface area contributed by atoms with Gasteiger partial charge in [-0.2, -0.15) is 0 Å². The number of rotatable bonds is 6. The molecule has 0 aliphatic carbocycles. The van der Waals surface area contributed by atoms with Gasteiger partial charge in [0.2, 0.25) is 13.3 Å². The molecule has 10 heteroatoms. The minimum absolute atomic E-state index is 0.174. The molecule has 30 heavy (non-hydrogen) atoms. The molecule has 0 spiro atoms. The number of nitrogens with one attached hydrogen (secondary N) is 2. The SMILES string of the molecule is C[B]n1ccc(C(=O)NCC(=O)Nc2nc(-c3cc(F)c4c(c3)N(C)CC4)cs2)c1. The molecule has 0 saturated heterocycles. The van der Waals surface area contributed by atoms with Crippen LogP contribution in [0, 0.1) is 5.82 Å². The largest absolute Gasteiger partial charge is 0.402 e. The number of aromatic nitrogens is 2. The molecule has 3 heterocycles. The number of carbonyl (C=O) groups is 2. The second-order valence-electron chi connectivity index (χ2n) is 7.00. The molecule has 1 aliphatic heterocycles. The predicted octanol–water partition coefficient (Wildman–Crippen LogP) is 2.63. The summed E-state index contributed by atoms with van der Waals surface area (Å²) < 4.78 is 16.2. The van der Waals surface area contributed by atoms with E-state index in [-0.39, 0.29) is 24.2 Å². The number of benzene rings is 1. The Morgan fingerprint density at radius 2 is 2.20 bits per heavy atom. The normalized spacial score (nSPS) is 12.6. The first-order valence-corrected chi connectivity index (χ1v) is 10.4. The van der Waals surface area contributed by atoms with Crippen molar-refractivity contribution in [3.8, 4) is 11.3 Å². The lowest BCUT2D eigenvalue weighted by Crippen LogP contribution is -2.32. The van der Waals surface area contributed by atoms with E-state index in [4.69, 9.17) is 0 Å². The third-order valence-electron chi connectivity index (χ3n) is 5.01. The maximum atomic E-state index is 14.4. The van der Waals surface area contributed by atoms with Gasteiger partial charge in [0.25, 0.3) is 5.91 Å². The van der Waals surface area contributed by atoms with Crippen LogP contribution in [-0.4, -0.2) is 48.8 Å². The summed E-state index contributed by atoms with van der Waals surface area (Å²) in [5, 5.41) is 7.41. The molecule has 0 unspecified atom stereocenters. The van der Waals surface area contributed by atoms with Crippen LogP contribution in [0.2, 0.25) is 6.82 Å². The molecular weight excluding hydrogens is 404 g/mol. The molecular formula is C20H20BFN5O2S. The van der Waals surface area contributed by atoms with Crippen LogP contribution in [0.5, 0.6) is 0 Å². The van der Waals surface area contributed by atoms with Crippen LogP contribution in [0.25, 0.3) is 11.3 Å². The van der Waals surface area contributed by atoms with E-state index in [2.05, 4.69) is 15.6 Å². The first-order valence-electron chi connectivity index (χ1n) is 9.49.